The molecular weight excluding hydrogens is 374 g/mol. The Hall–Kier alpha value is -2.51. The van der Waals surface area contributed by atoms with Crippen LogP contribution >= 0.6 is 23.1 Å². The molecule has 7 heteroatoms. The summed E-state index contributed by atoms with van der Waals surface area (Å²) < 4.78 is 26.4. The first-order chi connectivity index (χ1) is 12.6. The van der Waals surface area contributed by atoms with Crippen LogP contribution in [0.4, 0.5) is 8.78 Å². The predicted molar refractivity (Wildman–Crippen MR) is 102 cm³/mol. The van der Waals surface area contributed by atoms with Crippen molar-refractivity contribution >= 4 is 33.3 Å². The van der Waals surface area contributed by atoms with E-state index in [1.54, 1.807) is 18.2 Å². The van der Waals surface area contributed by atoms with Crippen LogP contribution in [0.15, 0.2) is 63.9 Å². The average molecular weight is 386 g/mol. The van der Waals surface area contributed by atoms with Gasteiger partial charge in [0.2, 0.25) is 0 Å². The fraction of sp³-hybridized carbons (Fsp3) is 0.0526. The van der Waals surface area contributed by atoms with Crippen LogP contribution in [-0.4, -0.2) is 9.97 Å². The largest absolute Gasteiger partial charge is 0.301 e. The molecule has 3 nitrogen and oxygen atoms in total. The Labute approximate surface area is 155 Å². The standard InChI is InChI=1S/C19H12F2N2OS2/c20-13-6-4-12(5-7-13)15-10-25-18-16(15)17(24)22-19(23-18)26-9-11-2-1-3-14(21)8-11/h1-8,10H,9H2,(H,22,23,24). The fourth-order valence-electron chi connectivity index (χ4n) is 2.62. The molecule has 0 atom stereocenters. The Kier molecular flexibility index (Phi) is 4.57. The fourth-order valence-corrected chi connectivity index (χ4v) is 4.43. The van der Waals surface area contributed by atoms with Crippen LogP contribution in [-0.2, 0) is 5.75 Å². The van der Waals surface area contributed by atoms with Gasteiger partial charge in [0.15, 0.2) is 5.16 Å². The minimum atomic E-state index is -0.323. The molecule has 0 amide bonds. The third-order valence-corrected chi connectivity index (χ3v) is 5.66. The van der Waals surface area contributed by atoms with Crippen molar-refractivity contribution in [2.45, 2.75) is 10.9 Å². The third kappa shape index (κ3) is 3.40. The van der Waals surface area contributed by atoms with Gasteiger partial charge in [-0.2, -0.15) is 0 Å². The molecule has 0 saturated carbocycles. The van der Waals surface area contributed by atoms with E-state index in [4.69, 9.17) is 0 Å². The number of fused-ring (bicyclic) bond motifs is 1. The lowest BCUT2D eigenvalue weighted by Crippen LogP contribution is -2.08. The maximum Gasteiger partial charge on any atom is 0.260 e. The summed E-state index contributed by atoms with van der Waals surface area (Å²) in [6.07, 6.45) is 0. The first-order valence-corrected chi connectivity index (χ1v) is 9.61. The summed E-state index contributed by atoms with van der Waals surface area (Å²) in [6.45, 7) is 0. The molecule has 0 bridgehead atoms. The molecule has 0 aliphatic carbocycles. The van der Waals surface area contributed by atoms with E-state index in [1.807, 2.05) is 11.4 Å². The molecule has 0 saturated heterocycles. The molecule has 2 aromatic carbocycles. The second kappa shape index (κ2) is 7.01. The van der Waals surface area contributed by atoms with Gasteiger partial charge >= 0.3 is 0 Å². The minimum absolute atomic E-state index is 0.239. The van der Waals surface area contributed by atoms with Crippen molar-refractivity contribution in [3.05, 3.63) is 81.5 Å². The number of aromatic nitrogens is 2. The summed E-state index contributed by atoms with van der Waals surface area (Å²) in [4.78, 5) is 20.4. The highest BCUT2D eigenvalue weighted by molar-refractivity contribution is 7.98. The van der Waals surface area contributed by atoms with Crippen molar-refractivity contribution < 1.29 is 8.78 Å². The van der Waals surface area contributed by atoms with Gasteiger partial charge in [0.25, 0.3) is 5.56 Å². The molecule has 4 rings (SSSR count). The number of halogens is 2. The van der Waals surface area contributed by atoms with Crippen molar-refractivity contribution in [1.82, 2.24) is 9.97 Å². The predicted octanol–water partition coefficient (Wildman–Crippen LogP) is 5.22. The Bertz CT molecular complexity index is 1140. The van der Waals surface area contributed by atoms with Gasteiger partial charge < -0.3 is 4.98 Å². The number of benzene rings is 2. The van der Waals surface area contributed by atoms with Gasteiger partial charge in [-0.1, -0.05) is 36.0 Å². The van der Waals surface area contributed by atoms with Crippen molar-refractivity contribution in [2.24, 2.45) is 0 Å². The second-order valence-electron chi connectivity index (χ2n) is 5.63. The molecule has 2 aromatic heterocycles. The highest BCUT2D eigenvalue weighted by atomic mass is 32.2. The highest BCUT2D eigenvalue weighted by Crippen LogP contribution is 2.32. The zero-order chi connectivity index (χ0) is 18.1. The Balaban J connectivity index is 1.65. The van der Waals surface area contributed by atoms with E-state index in [9.17, 15) is 13.6 Å². The molecule has 0 aliphatic heterocycles. The second-order valence-corrected chi connectivity index (χ2v) is 7.45. The van der Waals surface area contributed by atoms with Gasteiger partial charge in [-0.05, 0) is 35.4 Å². The van der Waals surface area contributed by atoms with Crippen LogP contribution in [0.2, 0.25) is 0 Å². The number of H-pyrrole nitrogens is 1. The van der Waals surface area contributed by atoms with E-state index in [-0.39, 0.29) is 17.2 Å². The Morgan fingerprint density at radius 1 is 1.08 bits per heavy atom. The van der Waals surface area contributed by atoms with E-state index >= 15 is 0 Å². The lowest BCUT2D eigenvalue weighted by atomic mass is 10.1. The number of thioether (sulfide) groups is 1. The van der Waals surface area contributed by atoms with Crippen LogP contribution in [0.1, 0.15) is 5.56 Å². The quantitative estimate of drug-likeness (QED) is 0.386. The van der Waals surface area contributed by atoms with Gasteiger partial charge in [-0.3, -0.25) is 4.79 Å². The van der Waals surface area contributed by atoms with Crippen molar-refractivity contribution in [2.75, 3.05) is 0 Å². The molecule has 2 heterocycles. The number of nitrogens with one attached hydrogen (secondary N) is 1. The van der Waals surface area contributed by atoms with E-state index in [0.29, 0.717) is 21.1 Å². The molecule has 26 heavy (non-hydrogen) atoms. The summed E-state index contributed by atoms with van der Waals surface area (Å²) in [5.41, 5.74) is 2.08. The van der Waals surface area contributed by atoms with Crippen molar-refractivity contribution in [3.63, 3.8) is 0 Å². The number of rotatable bonds is 4. The molecule has 0 spiro atoms. The lowest BCUT2D eigenvalue weighted by molar-refractivity contribution is 0.626. The maximum atomic E-state index is 13.2. The summed E-state index contributed by atoms with van der Waals surface area (Å²) >= 11 is 2.71. The molecule has 0 radical (unpaired) electrons. The van der Waals surface area contributed by atoms with E-state index in [2.05, 4.69) is 9.97 Å². The van der Waals surface area contributed by atoms with E-state index in [1.165, 1.54) is 47.4 Å². The number of thiophene rings is 1. The van der Waals surface area contributed by atoms with Crippen LogP contribution in [0.5, 0.6) is 0 Å². The van der Waals surface area contributed by atoms with Gasteiger partial charge in [0.1, 0.15) is 16.5 Å². The van der Waals surface area contributed by atoms with Gasteiger partial charge in [-0.15, -0.1) is 11.3 Å². The van der Waals surface area contributed by atoms with Crippen LogP contribution in [0, 0.1) is 11.6 Å². The lowest BCUT2D eigenvalue weighted by Gasteiger charge is -2.03. The summed E-state index contributed by atoms with van der Waals surface area (Å²) in [6, 6.07) is 12.3. The monoisotopic (exact) mass is 386 g/mol. The first kappa shape index (κ1) is 16.9. The van der Waals surface area contributed by atoms with Gasteiger partial charge in [0, 0.05) is 16.7 Å². The van der Waals surface area contributed by atoms with E-state index < -0.39 is 0 Å². The van der Waals surface area contributed by atoms with Gasteiger partial charge in [-0.25, -0.2) is 13.8 Å². The maximum absolute atomic E-state index is 13.2. The number of hydrogen-bond acceptors (Lipinski definition) is 4. The molecule has 130 valence electrons. The van der Waals surface area contributed by atoms with Crippen LogP contribution < -0.4 is 5.56 Å². The van der Waals surface area contributed by atoms with Crippen LogP contribution in [0.25, 0.3) is 21.3 Å². The molecule has 4 aromatic rings. The zero-order valence-electron chi connectivity index (χ0n) is 13.3. The van der Waals surface area contributed by atoms with Crippen molar-refractivity contribution in [1.29, 1.82) is 0 Å². The third-order valence-electron chi connectivity index (χ3n) is 3.84. The molecule has 0 unspecified atom stereocenters. The summed E-state index contributed by atoms with van der Waals surface area (Å²) in [5, 5.41) is 2.83. The van der Waals surface area contributed by atoms with E-state index in [0.717, 1.165) is 16.7 Å². The van der Waals surface area contributed by atoms with Crippen LogP contribution in [0.3, 0.4) is 0 Å². The van der Waals surface area contributed by atoms with Crippen molar-refractivity contribution in [3.8, 4) is 11.1 Å². The zero-order valence-corrected chi connectivity index (χ0v) is 15.0. The minimum Gasteiger partial charge on any atom is -0.301 e. The molecule has 1 N–H and O–H groups in total. The average Bonchev–Trinajstić information content (AvgIpc) is 3.05. The topological polar surface area (TPSA) is 45.8 Å². The SMILES string of the molecule is O=c1[nH]c(SCc2cccc(F)c2)nc2scc(-c3ccc(F)cc3)c12. The summed E-state index contributed by atoms with van der Waals surface area (Å²) in [7, 11) is 0. The first-order valence-electron chi connectivity index (χ1n) is 7.75. The highest BCUT2D eigenvalue weighted by Gasteiger charge is 2.13. The summed E-state index contributed by atoms with van der Waals surface area (Å²) in [5.74, 6) is -0.110. The number of nitrogens with zero attached hydrogens (tertiary/aromatic N) is 1. The normalized spacial score (nSPS) is 11.2. The number of aromatic amines is 1. The molecule has 0 aliphatic rings. The number of hydrogen-bond donors (Lipinski definition) is 1. The molecule has 0 fully saturated rings. The molecular formula is C19H12F2N2OS2. The van der Waals surface area contributed by atoms with Gasteiger partial charge in [0.05, 0.1) is 5.39 Å². The Morgan fingerprint density at radius 2 is 1.88 bits per heavy atom. The smallest absolute Gasteiger partial charge is 0.260 e. The Morgan fingerprint density at radius 3 is 2.65 bits per heavy atom.